The van der Waals surface area contributed by atoms with E-state index >= 15 is 0 Å². The average molecular weight is 320 g/mol. The molecule has 9 atom stereocenters. The summed E-state index contributed by atoms with van der Waals surface area (Å²) in [6.45, 7) is 11.4. The summed E-state index contributed by atoms with van der Waals surface area (Å²) in [6, 6.07) is 0. The van der Waals surface area contributed by atoms with Crippen LogP contribution in [0.25, 0.3) is 0 Å². The quantitative estimate of drug-likeness (QED) is 0.751. The molecule has 0 aromatic carbocycles. The second-order valence-electron chi connectivity index (χ2n) is 9.08. The molecule has 23 heavy (non-hydrogen) atoms. The van der Waals surface area contributed by atoms with E-state index < -0.39 is 0 Å². The van der Waals surface area contributed by atoms with Gasteiger partial charge >= 0.3 is 0 Å². The lowest BCUT2D eigenvalue weighted by atomic mass is 9.63. The predicted octanol–water partition coefficient (Wildman–Crippen LogP) is 3.56. The zero-order valence-corrected chi connectivity index (χ0v) is 15.2. The molecule has 3 heterocycles. The molecular weight excluding hydrogens is 288 g/mol. The van der Waals surface area contributed by atoms with Crippen LogP contribution in [0.4, 0.5) is 0 Å². The van der Waals surface area contributed by atoms with Gasteiger partial charge in [-0.25, -0.2) is 0 Å². The van der Waals surface area contributed by atoms with E-state index in [-0.39, 0.29) is 35.9 Å². The number of hydrogen-bond acceptors (Lipinski definition) is 3. The van der Waals surface area contributed by atoms with Crippen LogP contribution in [-0.2, 0) is 9.47 Å². The van der Waals surface area contributed by atoms with E-state index in [9.17, 15) is 5.11 Å². The number of ether oxygens (including phenoxy) is 2. The molecule has 1 unspecified atom stereocenters. The summed E-state index contributed by atoms with van der Waals surface area (Å²) in [5, 5.41) is 10.5. The first kappa shape index (κ1) is 16.1. The highest BCUT2D eigenvalue weighted by molar-refractivity contribution is 5.23. The molecule has 0 spiro atoms. The molecule has 0 saturated carbocycles. The number of aliphatic hydroxyl groups excluding tert-OH is 1. The molecule has 0 aromatic heterocycles. The molecule has 3 heteroatoms. The van der Waals surface area contributed by atoms with Crippen molar-refractivity contribution >= 4 is 0 Å². The van der Waals surface area contributed by atoms with Gasteiger partial charge in [0, 0.05) is 17.8 Å². The Morgan fingerprint density at radius 1 is 1.30 bits per heavy atom. The monoisotopic (exact) mass is 320 g/mol. The Morgan fingerprint density at radius 3 is 2.74 bits per heavy atom. The Labute approximate surface area is 140 Å². The van der Waals surface area contributed by atoms with Crippen LogP contribution in [0.3, 0.4) is 0 Å². The Balaban J connectivity index is 1.79. The van der Waals surface area contributed by atoms with E-state index in [1.54, 1.807) is 0 Å². The molecule has 3 saturated heterocycles. The van der Waals surface area contributed by atoms with Gasteiger partial charge in [0.15, 0.2) is 0 Å². The summed E-state index contributed by atoms with van der Waals surface area (Å²) in [6.07, 6.45) is 5.42. The Kier molecular flexibility index (Phi) is 3.72. The van der Waals surface area contributed by atoms with Crippen molar-refractivity contribution in [3.05, 3.63) is 11.6 Å². The van der Waals surface area contributed by atoms with Gasteiger partial charge in [0.05, 0.1) is 30.0 Å². The molecular formula is C20H32O3. The normalized spacial score (nSPS) is 55.3. The number of fused-ring (bicyclic) bond motifs is 9. The van der Waals surface area contributed by atoms with Gasteiger partial charge in [0.1, 0.15) is 0 Å². The van der Waals surface area contributed by atoms with E-state index in [0.29, 0.717) is 23.7 Å². The van der Waals surface area contributed by atoms with Gasteiger partial charge < -0.3 is 14.6 Å². The number of rotatable bonds is 1. The van der Waals surface area contributed by atoms with Crippen molar-refractivity contribution in [1.82, 2.24) is 0 Å². The number of aliphatic hydroxyl groups is 1. The third kappa shape index (κ3) is 2.19. The van der Waals surface area contributed by atoms with Gasteiger partial charge in [0.2, 0.25) is 0 Å². The Morgan fingerprint density at radius 2 is 2.04 bits per heavy atom. The highest BCUT2D eigenvalue weighted by Gasteiger charge is 2.64. The molecule has 0 aromatic rings. The SMILES string of the molecule is CC1=CC[C@H](C(C)C)[C@@H]2[C@@H]1[C@@H]1O[C@H]2[C@@]2(C)CC[C@H](O)C(C)[C@H]1O2. The topological polar surface area (TPSA) is 38.7 Å². The summed E-state index contributed by atoms with van der Waals surface area (Å²) in [7, 11) is 0. The van der Waals surface area contributed by atoms with Gasteiger partial charge in [-0.15, -0.1) is 0 Å². The summed E-state index contributed by atoms with van der Waals surface area (Å²) >= 11 is 0. The fourth-order valence-electron chi connectivity index (χ4n) is 5.94. The summed E-state index contributed by atoms with van der Waals surface area (Å²) in [5.41, 5.74) is 1.25. The first-order valence-corrected chi connectivity index (χ1v) is 9.51. The van der Waals surface area contributed by atoms with Crippen molar-refractivity contribution in [1.29, 1.82) is 0 Å². The van der Waals surface area contributed by atoms with Crippen molar-refractivity contribution in [2.24, 2.45) is 29.6 Å². The minimum Gasteiger partial charge on any atom is -0.393 e. The van der Waals surface area contributed by atoms with Crippen molar-refractivity contribution in [2.75, 3.05) is 0 Å². The average Bonchev–Trinajstić information content (AvgIpc) is 2.83. The van der Waals surface area contributed by atoms with Crippen LogP contribution in [0.1, 0.15) is 53.9 Å². The first-order valence-electron chi connectivity index (χ1n) is 9.51. The van der Waals surface area contributed by atoms with Crippen LogP contribution in [0.2, 0.25) is 0 Å². The Bertz CT molecular complexity index is 513. The molecule has 130 valence electrons. The molecule has 4 bridgehead atoms. The lowest BCUT2D eigenvalue weighted by molar-refractivity contribution is -0.253. The zero-order valence-electron chi connectivity index (χ0n) is 15.2. The maximum absolute atomic E-state index is 10.5. The molecule has 3 aliphatic heterocycles. The minimum absolute atomic E-state index is 0.0259. The van der Waals surface area contributed by atoms with Gasteiger partial charge in [-0.2, -0.15) is 0 Å². The molecule has 3 nitrogen and oxygen atoms in total. The minimum atomic E-state index is -0.267. The van der Waals surface area contributed by atoms with E-state index in [2.05, 4.69) is 40.7 Å². The predicted molar refractivity (Wildman–Crippen MR) is 90.0 cm³/mol. The fraction of sp³-hybridized carbons (Fsp3) is 0.900. The van der Waals surface area contributed by atoms with E-state index in [1.807, 2.05) is 0 Å². The number of allylic oxidation sites excluding steroid dienone is 1. The van der Waals surface area contributed by atoms with Gasteiger partial charge in [-0.1, -0.05) is 32.4 Å². The van der Waals surface area contributed by atoms with Crippen LogP contribution in [0.5, 0.6) is 0 Å². The van der Waals surface area contributed by atoms with Gasteiger partial charge in [-0.05, 0) is 44.9 Å². The first-order chi connectivity index (χ1) is 10.8. The highest BCUT2D eigenvalue weighted by atomic mass is 16.6. The zero-order chi connectivity index (χ0) is 16.5. The van der Waals surface area contributed by atoms with Crippen molar-refractivity contribution in [2.45, 2.75) is 83.9 Å². The van der Waals surface area contributed by atoms with Crippen LogP contribution in [0, 0.1) is 29.6 Å². The van der Waals surface area contributed by atoms with Crippen LogP contribution < -0.4 is 0 Å². The molecule has 1 N–H and O–H groups in total. The van der Waals surface area contributed by atoms with Gasteiger partial charge in [0.25, 0.3) is 0 Å². The fourth-order valence-corrected chi connectivity index (χ4v) is 5.94. The summed E-state index contributed by atoms with van der Waals surface area (Å²) in [4.78, 5) is 0. The molecule has 4 rings (SSSR count). The lowest BCUT2D eigenvalue weighted by Crippen LogP contribution is -2.54. The van der Waals surface area contributed by atoms with Gasteiger partial charge in [-0.3, -0.25) is 0 Å². The van der Waals surface area contributed by atoms with E-state index in [0.717, 1.165) is 12.8 Å². The summed E-state index contributed by atoms with van der Waals surface area (Å²) < 4.78 is 13.3. The molecule has 0 amide bonds. The third-order valence-electron chi connectivity index (χ3n) is 7.40. The largest absolute Gasteiger partial charge is 0.393 e. The Hall–Kier alpha value is -0.380. The third-order valence-corrected chi connectivity index (χ3v) is 7.40. The maximum Gasteiger partial charge on any atom is 0.0924 e. The summed E-state index contributed by atoms with van der Waals surface area (Å²) in [5.74, 6) is 2.54. The van der Waals surface area contributed by atoms with E-state index in [4.69, 9.17) is 9.47 Å². The molecule has 3 fully saturated rings. The van der Waals surface area contributed by atoms with Crippen LogP contribution in [0.15, 0.2) is 11.6 Å². The maximum atomic E-state index is 10.5. The van der Waals surface area contributed by atoms with Crippen molar-refractivity contribution in [3.63, 3.8) is 0 Å². The second-order valence-corrected chi connectivity index (χ2v) is 9.08. The smallest absolute Gasteiger partial charge is 0.0924 e. The van der Waals surface area contributed by atoms with Crippen LogP contribution >= 0.6 is 0 Å². The molecule has 1 aliphatic carbocycles. The van der Waals surface area contributed by atoms with Crippen molar-refractivity contribution < 1.29 is 14.6 Å². The standard InChI is InChI=1S/C20H32O3/c1-10(2)13-7-6-11(3)15-16(13)19-20(5)9-8-14(21)12(4)17(23-20)18(15)22-19/h6,10,12-19,21H,7-9H2,1-5H3/t12?,13-,14+,15-,16-,17-,18+,19-,20-/m1/s1. The highest BCUT2D eigenvalue weighted by Crippen LogP contribution is 2.58. The molecule has 4 aliphatic rings. The molecule has 0 radical (unpaired) electrons. The van der Waals surface area contributed by atoms with Crippen molar-refractivity contribution in [3.8, 4) is 0 Å². The lowest BCUT2D eigenvalue weighted by Gasteiger charge is -2.45. The van der Waals surface area contributed by atoms with E-state index in [1.165, 1.54) is 12.0 Å². The number of hydrogen-bond donors (Lipinski definition) is 1. The van der Waals surface area contributed by atoms with Crippen LogP contribution in [-0.4, -0.2) is 35.1 Å². The second kappa shape index (κ2) is 5.31.